The van der Waals surface area contributed by atoms with Crippen molar-refractivity contribution in [2.24, 2.45) is 0 Å². The molecule has 5 nitrogen and oxygen atoms in total. The van der Waals surface area contributed by atoms with Gasteiger partial charge in [-0.1, -0.05) is 24.6 Å². The number of aryl methyl sites for hydroxylation is 2. The maximum atomic E-state index is 12.9. The van der Waals surface area contributed by atoms with Gasteiger partial charge in [-0.3, -0.25) is 9.59 Å². The Morgan fingerprint density at radius 2 is 1.89 bits per heavy atom. The van der Waals surface area contributed by atoms with Gasteiger partial charge in [-0.2, -0.15) is 5.26 Å². The lowest BCUT2D eigenvalue weighted by molar-refractivity contribution is -0.438. The summed E-state index contributed by atoms with van der Waals surface area (Å²) < 4.78 is 0. The minimum absolute atomic E-state index is 0.147. The number of nitrogens with zero attached hydrogens (tertiary/aromatic N) is 2. The topological polar surface area (TPSA) is 75.3 Å². The van der Waals surface area contributed by atoms with Crippen LogP contribution in [-0.4, -0.2) is 17.1 Å². The zero-order valence-corrected chi connectivity index (χ0v) is 15.7. The Morgan fingerprint density at radius 3 is 2.67 bits per heavy atom. The molecule has 0 spiro atoms. The maximum Gasteiger partial charge on any atom is 0.257 e. The summed E-state index contributed by atoms with van der Waals surface area (Å²) in [6.07, 6.45) is 5.54. The molecule has 2 aromatic rings. The third kappa shape index (κ3) is 3.47. The van der Waals surface area contributed by atoms with Crippen LogP contribution in [0.4, 0.5) is 5.69 Å². The average Bonchev–Trinajstić information content (AvgIpc) is 2.84. The zero-order valence-electron chi connectivity index (χ0n) is 14.9. The quantitative estimate of drug-likeness (QED) is 0.608. The molecule has 136 valence electrons. The molecule has 0 radical (unpaired) electrons. The zero-order chi connectivity index (χ0) is 18.8. The van der Waals surface area contributed by atoms with E-state index in [9.17, 15) is 14.9 Å². The lowest BCUT2D eigenvalue weighted by Crippen LogP contribution is -2.31. The van der Waals surface area contributed by atoms with Gasteiger partial charge in [0.2, 0.25) is 11.8 Å². The number of hydrogen-bond acceptors (Lipinski definition) is 4. The molecule has 1 aromatic carbocycles. The molecule has 1 N–H and O–H groups in total. The average molecular weight is 378 g/mol. The first-order valence-electron chi connectivity index (χ1n) is 9.24. The number of rotatable bonds is 3. The molecule has 0 saturated carbocycles. The summed E-state index contributed by atoms with van der Waals surface area (Å²) in [6, 6.07) is 13.2. The number of pyridine rings is 1. The Bertz CT molecular complexity index is 936. The van der Waals surface area contributed by atoms with E-state index in [-0.39, 0.29) is 18.2 Å². The number of nitrogens with one attached hydrogen (secondary N) is 1. The molecule has 6 heteroatoms. The summed E-state index contributed by atoms with van der Waals surface area (Å²) in [5.74, 6) is -0.416. The van der Waals surface area contributed by atoms with Crippen LogP contribution in [0.2, 0.25) is 0 Å². The number of imide groups is 1. The number of amides is 2. The standard InChI is InChI=1S/C21H19N3O2S/c22-13-15-11-14-7-3-1-6-10-17(14)23-20(15)27-18-12-19(25)24(21(18)26)16-8-4-2-5-9-16/h2,4-5,8-9,11,18H,1,3,6-7,10,12H2/p+1. The SMILES string of the molecule is N#Cc1cc2c([nH+]c1SC1CC(=O)N(c3ccccc3)C1=O)CCCCC2. The maximum absolute atomic E-state index is 12.9. The lowest BCUT2D eigenvalue weighted by Gasteiger charge is -2.14. The molecule has 4 rings (SSSR count). The number of benzene rings is 1. The van der Waals surface area contributed by atoms with Gasteiger partial charge < -0.3 is 0 Å². The van der Waals surface area contributed by atoms with E-state index in [1.165, 1.54) is 28.6 Å². The van der Waals surface area contributed by atoms with Gasteiger partial charge in [0.1, 0.15) is 16.9 Å². The van der Waals surface area contributed by atoms with Gasteiger partial charge in [0.15, 0.2) is 5.69 Å². The number of aromatic amines is 1. The second-order valence-corrected chi connectivity index (χ2v) is 8.11. The second-order valence-electron chi connectivity index (χ2n) is 6.90. The summed E-state index contributed by atoms with van der Waals surface area (Å²) >= 11 is 1.30. The van der Waals surface area contributed by atoms with Crippen molar-refractivity contribution in [2.75, 3.05) is 4.90 Å². The highest BCUT2D eigenvalue weighted by molar-refractivity contribution is 8.00. The number of para-hydroxylation sites is 1. The molecular formula is C21H20N3O2S+. The fraction of sp³-hybridized carbons (Fsp3) is 0.333. The molecular weight excluding hydrogens is 358 g/mol. The smallest absolute Gasteiger partial charge is 0.257 e. The van der Waals surface area contributed by atoms with Crippen molar-refractivity contribution in [3.63, 3.8) is 0 Å². The van der Waals surface area contributed by atoms with Gasteiger partial charge in [0, 0.05) is 18.4 Å². The van der Waals surface area contributed by atoms with Crippen molar-refractivity contribution in [3.8, 4) is 6.07 Å². The van der Waals surface area contributed by atoms with Gasteiger partial charge in [-0.25, -0.2) is 9.88 Å². The van der Waals surface area contributed by atoms with Gasteiger partial charge in [-0.05, 0) is 49.2 Å². The number of aromatic nitrogens is 1. The van der Waals surface area contributed by atoms with Crippen molar-refractivity contribution in [2.45, 2.75) is 48.8 Å². The van der Waals surface area contributed by atoms with Crippen LogP contribution >= 0.6 is 11.8 Å². The normalized spacial score (nSPS) is 19.5. The van der Waals surface area contributed by atoms with Crippen molar-refractivity contribution in [1.82, 2.24) is 0 Å². The minimum atomic E-state index is -0.509. The first-order valence-corrected chi connectivity index (χ1v) is 10.1. The third-order valence-electron chi connectivity index (χ3n) is 5.09. The molecule has 27 heavy (non-hydrogen) atoms. The number of carbonyl (C=O) groups is 2. The van der Waals surface area contributed by atoms with Crippen LogP contribution in [0.1, 0.15) is 42.5 Å². The van der Waals surface area contributed by atoms with Crippen LogP contribution in [0.25, 0.3) is 0 Å². The van der Waals surface area contributed by atoms with E-state index in [4.69, 9.17) is 0 Å². The van der Waals surface area contributed by atoms with E-state index in [0.717, 1.165) is 31.4 Å². The Balaban J connectivity index is 1.61. The molecule has 1 aromatic heterocycles. The van der Waals surface area contributed by atoms with E-state index < -0.39 is 5.25 Å². The van der Waals surface area contributed by atoms with Crippen molar-refractivity contribution in [1.29, 1.82) is 5.26 Å². The third-order valence-corrected chi connectivity index (χ3v) is 6.30. The van der Waals surface area contributed by atoms with Gasteiger partial charge in [0.25, 0.3) is 5.03 Å². The number of fused-ring (bicyclic) bond motifs is 1. The van der Waals surface area contributed by atoms with Crippen molar-refractivity contribution < 1.29 is 14.6 Å². The Hall–Kier alpha value is -2.65. The number of hydrogen-bond donors (Lipinski definition) is 0. The van der Waals surface area contributed by atoms with E-state index >= 15 is 0 Å². The molecule has 2 aliphatic rings. The largest absolute Gasteiger partial charge is 0.274 e. The molecule has 1 fully saturated rings. The Morgan fingerprint density at radius 1 is 1.11 bits per heavy atom. The molecule has 0 bridgehead atoms. The fourth-order valence-corrected chi connectivity index (χ4v) is 4.84. The molecule has 1 aliphatic heterocycles. The van der Waals surface area contributed by atoms with Crippen molar-refractivity contribution >= 4 is 29.3 Å². The summed E-state index contributed by atoms with van der Waals surface area (Å²) in [5, 5.41) is 9.75. The van der Waals surface area contributed by atoms with Crippen LogP contribution < -0.4 is 9.88 Å². The number of thioether (sulfide) groups is 1. The summed E-state index contributed by atoms with van der Waals surface area (Å²) in [4.78, 5) is 29.9. The van der Waals surface area contributed by atoms with Gasteiger partial charge >= 0.3 is 0 Å². The first kappa shape index (κ1) is 17.7. The second kappa shape index (κ2) is 7.53. The number of nitriles is 1. The number of anilines is 1. The lowest BCUT2D eigenvalue weighted by atomic mass is 10.1. The predicted octanol–water partition coefficient (Wildman–Crippen LogP) is 3.07. The van der Waals surface area contributed by atoms with Crippen LogP contribution in [0.15, 0.2) is 41.4 Å². The van der Waals surface area contributed by atoms with Crippen LogP contribution in [0, 0.1) is 11.3 Å². The Labute approximate surface area is 162 Å². The highest BCUT2D eigenvalue weighted by atomic mass is 32.2. The summed E-state index contributed by atoms with van der Waals surface area (Å²) in [6.45, 7) is 0. The van der Waals surface area contributed by atoms with E-state index in [2.05, 4.69) is 11.1 Å². The summed E-state index contributed by atoms with van der Waals surface area (Å²) in [7, 11) is 0. The van der Waals surface area contributed by atoms with Crippen LogP contribution in [-0.2, 0) is 22.4 Å². The Kier molecular flexibility index (Phi) is 4.95. The van der Waals surface area contributed by atoms with Crippen LogP contribution in [0.3, 0.4) is 0 Å². The number of carbonyl (C=O) groups excluding carboxylic acids is 2. The highest BCUT2D eigenvalue weighted by Crippen LogP contribution is 2.34. The van der Waals surface area contributed by atoms with Crippen LogP contribution in [0.5, 0.6) is 0 Å². The monoisotopic (exact) mass is 378 g/mol. The van der Waals surface area contributed by atoms with Gasteiger partial charge in [0.05, 0.1) is 5.69 Å². The van der Waals surface area contributed by atoms with E-state index in [1.54, 1.807) is 12.1 Å². The molecule has 1 unspecified atom stereocenters. The first-order chi connectivity index (χ1) is 13.2. The molecule has 1 aliphatic carbocycles. The molecule has 1 atom stereocenters. The molecule has 2 heterocycles. The minimum Gasteiger partial charge on any atom is -0.274 e. The van der Waals surface area contributed by atoms with Gasteiger partial charge in [-0.15, -0.1) is 0 Å². The molecule has 1 saturated heterocycles. The predicted molar refractivity (Wildman–Crippen MR) is 102 cm³/mol. The van der Waals surface area contributed by atoms with E-state index in [1.807, 2.05) is 24.3 Å². The van der Waals surface area contributed by atoms with Crippen molar-refractivity contribution in [3.05, 3.63) is 53.2 Å². The molecule has 2 amide bonds. The number of H-pyrrole nitrogens is 1. The summed E-state index contributed by atoms with van der Waals surface area (Å²) in [5.41, 5.74) is 3.51. The van der Waals surface area contributed by atoms with E-state index in [0.29, 0.717) is 16.3 Å². The highest BCUT2D eigenvalue weighted by Gasteiger charge is 2.41. The fourth-order valence-electron chi connectivity index (χ4n) is 3.71.